The van der Waals surface area contributed by atoms with Crippen molar-refractivity contribution in [1.82, 2.24) is 24.8 Å². The fourth-order valence-electron chi connectivity index (χ4n) is 3.62. The number of benzene rings is 3. The van der Waals surface area contributed by atoms with Gasteiger partial charge in [-0.15, -0.1) is 0 Å². The number of aromatic amines is 2. The van der Waals surface area contributed by atoms with E-state index in [9.17, 15) is 0 Å². The van der Waals surface area contributed by atoms with Gasteiger partial charge in [0.05, 0.1) is 35.2 Å². The summed E-state index contributed by atoms with van der Waals surface area (Å²) in [5.74, 6) is 1.85. The lowest BCUT2D eigenvalue weighted by Gasteiger charge is -2.21. The Labute approximate surface area is 173 Å². The summed E-state index contributed by atoms with van der Waals surface area (Å²) in [7, 11) is 0. The first-order valence-corrected chi connectivity index (χ1v) is 9.95. The molecule has 2 aromatic heterocycles. The summed E-state index contributed by atoms with van der Waals surface area (Å²) in [6, 6.07) is 24.1. The highest BCUT2D eigenvalue weighted by atomic mass is 35.5. The van der Waals surface area contributed by atoms with Crippen molar-refractivity contribution in [3.05, 3.63) is 95.0 Å². The van der Waals surface area contributed by atoms with E-state index < -0.39 is 0 Å². The topological polar surface area (TPSA) is 60.6 Å². The van der Waals surface area contributed by atoms with Crippen LogP contribution in [0.1, 0.15) is 17.2 Å². The number of aromatic nitrogens is 4. The van der Waals surface area contributed by atoms with Gasteiger partial charge in [-0.1, -0.05) is 54.1 Å². The number of imidazole rings is 2. The van der Waals surface area contributed by atoms with Crippen LogP contribution < -0.4 is 0 Å². The number of nitrogens with one attached hydrogen (secondary N) is 2. The number of halogens is 1. The molecule has 0 radical (unpaired) electrons. The van der Waals surface area contributed by atoms with Gasteiger partial charge in [0.25, 0.3) is 0 Å². The van der Waals surface area contributed by atoms with Crippen molar-refractivity contribution in [2.24, 2.45) is 0 Å². The number of hydrogen-bond donors (Lipinski definition) is 2. The normalized spacial score (nSPS) is 11.7. The Hall–Kier alpha value is -3.15. The second kappa shape index (κ2) is 7.70. The first-order valence-electron chi connectivity index (χ1n) is 9.57. The van der Waals surface area contributed by atoms with Crippen LogP contribution in [0.3, 0.4) is 0 Å². The van der Waals surface area contributed by atoms with E-state index in [2.05, 4.69) is 20.9 Å². The van der Waals surface area contributed by atoms with Gasteiger partial charge in [0.15, 0.2) is 0 Å². The zero-order valence-electron chi connectivity index (χ0n) is 15.8. The monoisotopic (exact) mass is 401 g/mol. The number of H-pyrrole nitrogens is 2. The quantitative estimate of drug-likeness (QED) is 0.406. The predicted octanol–water partition coefficient (Wildman–Crippen LogP) is 5.30. The summed E-state index contributed by atoms with van der Waals surface area (Å²) in [5, 5.41) is 0.770. The average molecular weight is 402 g/mol. The standard InChI is InChI=1S/C23H20ClN5/c24-17-8-2-1-7-16(17)13-29(14-22-25-18-9-3-4-10-19(18)26-22)15-23-27-20-11-5-6-12-21(20)28-23/h1-12H,13-15H2,(H,25,26)(H,27,28). The van der Waals surface area contributed by atoms with Gasteiger partial charge in [-0.25, -0.2) is 9.97 Å². The van der Waals surface area contributed by atoms with Crippen LogP contribution in [0.5, 0.6) is 0 Å². The van der Waals surface area contributed by atoms with Crippen molar-refractivity contribution in [3.8, 4) is 0 Å². The molecule has 5 aromatic rings. The van der Waals surface area contributed by atoms with Gasteiger partial charge >= 0.3 is 0 Å². The van der Waals surface area contributed by atoms with E-state index in [0.717, 1.165) is 44.3 Å². The maximum Gasteiger partial charge on any atom is 0.121 e. The smallest absolute Gasteiger partial charge is 0.121 e. The van der Waals surface area contributed by atoms with Gasteiger partial charge in [-0.2, -0.15) is 0 Å². The van der Waals surface area contributed by atoms with Gasteiger partial charge in [-0.05, 0) is 35.9 Å². The molecule has 0 aliphatic carbocycles. The molecule has 5 nitrogen and oxygen atoms in total. The minimum absolute atomic E-state index is 0.664. The fourth-order valence-corrected chi connectivity index (χ4v) is 3.82. The van der Waals surface area contributed by atoms with Crippen LogP contribution in [-0.4, -0.2) is 24.8 Å². The molecule has 3 aromatic carbocycles. The Morgan fingerprint density at radius 2 is 1.17 bits per heavy atom. The van der Waals surface area contributed by atoms with E-state index in [1.807, 2.05) is 66.7 Å². The summed E-state index contributed by atoms with van der Waals surface area (Å²) >= 11 is 6.43. The Morgan fingerprint density at radius 1 is 0.655 bits per heavy atom. The van der Waals surface area contributed by atoms with Gasteiger partial charge in [0.2, 0.25) is 0 Å². The van der Waals surface area contributed by atoms with Crippen LogP contribution in [0.25, 0.3) is 22.1 Å². The second-order valence-corrected chi connectivity index (χ2v) is 7.55. The molecule has 6 heteroatoms. The van der Waals surface area contributed by atoms with Crippen molar-refractivity contribution in [1.29, 1.82) is 0 Å². The first-order chi connectivity index (χ1) is 14.2. The molecule has 29 heavy (non-hydrogen) atoms. The van der Waals surface area contributed by atoms with Crippen molar-refractivity contribution < 1.29 is 0 Å². The van der Waals surface area contributed by atoms with E-state index in [1.165, 1.54) is 0 Å². The van der Waals surface area contributed by atoms with Crippen LogP contribution in [0.4, 0.5) is 0 Å². The van der Waals surface area contributed by atoms with Gasteiger partial charge in [-0.3, -0.25) is 4.90 Å². The van der Waals surface area contributed by atoms with Crippen molar-refractivity contribution in [3.63, 3.8) is 0 Å². The van der Waals surface area contributed by atoms with Crippen LogP contribution in [0.2, 0.25) is 5.02 Å². The lowest BCUT2D eigenvalue weighted by Crippen LogP contribution is -2.24. The van der Waals surface area contributed by atoms with Crippen molar-refractivity contribution >= 4 is 33.7 Å². The lowest BCUT2D eigenvalue weighted by molar-refractivity contribution is 0.237. The lowest BCUT2D eigenvalue weighted by atomic mass is 10.2. The van der Waals surface area contributed by atoms with E-state index >= 15 is 0 Å². The van der Waals surface area contributed by atoms with Crippen molar-refractivity contribution in [2.75, 3.05) is 0 Å². The Morgan fingerprint density at radius 3 is 1.72 bits per heavy atom. The molecular formula is C23H20ClN5. The van der Waals surface area contributed by atoms with Crippen molar-refractivity contribution in [2.45, 2.75) is 19.6 Å². The van der Waals surface area contributed by atoms with Crippen LogP contribution in [0, 0.1) is 0 Å². The molecule has 0 amide bonds. The summed E-state index contributed by atoms with van der Waals surface area (Å²) in [6.45, 7) is 2.03. The molecule has 2 N–H and O–H groups in total. The number of nitrogens with zero attached hydrogens (tertiary/aromatic N) is 3. The Kier molecular flexibility index (Phi) is 4.76. The highest BCUT2D eigenvalue weighted by Crippen LogP contribution is 2.21. The van der Waals surface area contributed by atoms with E-state index in [0.29, 0.717) is 19.6 Å². The van der Waals surface area contributed by atoms with Gasteiger partial charge in [0.1, 0.15) is 11.6 Å². The van der Waals surface area contributed by atoms with E-state index in [4.69, 9.17) is 21.6 Å². The number of hydrogen-bond acceptors (Lipinski definition) is 3. The molecular weight excluding hydrogens is 382 g/mol. The van der Waals surface area contributed by atoms with E-state index in [-0.39, 0.29) is 0 Å². The largest absolute Gasteiger partial charge is 0.341 e. The maximum absolute atomic E-state index is 6.43. The molecule has 0 unspecified atom stereocenters. The summed E-state index contributed by atoms with van der Waals surface area (Å²) in [5.41, 5.74) is 5.13. The minimum Gasteiger partial charge on any atom is -0.341 e. The summed E-state index contributed by atoms with van der Waals surface area (Å²) in [4.78, 5) is 18.6. The molecule has 0 fully saturated rings. The zero-order chi connectivity index (χ0) is 19.6. The van der Waals surface area contributed by atoms with Gasteiger partial charge < -0.3 is 9.97 Å². The molecule has 0 atom stereocenters. The summed E-state index contributed by atoms with van der Waals surface area (Å²) in [6.07, 6.45) is 0. The molecule has 0 saturated heterocycles. The summed E-state index contributed by atoms with van der Waals surface area (Å²) < 4.78 is 0. The minimum atomic E-state index is 0.664. The zero-order valence-corrected chi connectivity index (χ0v) is 16.5. The Bertz CT molecular complexity index is 1130. The Balaban J connectivity index is 1.45. The van der Waals surface area contributed by atoms with Crippen LogP contribution in [0.15, 0.2) is 72.8 Å². The number of rotatable bonds is 6. The first kappa shape index (κ1) is 17.9. The van der Waals surface area contributed by atoms with Crippen LogP contribution in [-0.2, 0) is 19.6 Å². The molecule has 0 saturated carbocycles. The molecule has 0 aliphatic rings. The molecule has 144 valence electrons. The molecule has 0 spiro atoms. The second-order valence-electron chi connectivity index (χ2n) is 7.14. The number of fused-ring (bicyclic) bond motifs is 2. The predicted molar refractivity (Wildman–Crippen MR) is 117 cm³/mol. The third kappa shape index (κ3) is 3.88. The average Bonchev–Trinajstić information content (AvgIpc) is 3.32. The van der Waals surface area contributed by atoms with Gasteiger partial charge in [0, 0.05) is 11.6 Å². The fraction of sp³-hybridized carbons (Fsp3) is 0.130. The van der Waals surface area contributed by atoms with E-state index in [1.54, 1.807) is 0 Å². The molecule has 2 heterocycles. The highest BCUT2D eigenvalue weighted by molar-refractivity contribution is 6.31. The number of para-hydroxylation sites is 4. The molecule has 5 rings (SSSR count). The maximum atomic E-state index is 6.43. The SMILES string of the molecule is Clc1ccccc1CN(Cc1nc2ccccc2[nH]1)Cc1nc2ccccc2[nH]1. The third-order valence-electron chi connectivity index (χ3n) is 4.98. The van der Waals surface area contributed by atoms with Crippen LogP contribution >= 0.6 is 11.6 Å². The highest BCUT2D eigenvalue weighted by Gasteiger charge is 2.15. The third-order valence-corrected chi connectivity index (χ3v) is 5.34. The molecule has 0 aliphatic heterocycles. The molecule has 0 bridgehead atoms.